The first-order valence-electron chi connectivity index (χ1n) is 5.29. The smallest absolute Gasteiger partial charge is 0.225 e. The SMILES string of the molecule is COCCC(=O)N1CCOC(C(C)N)C1. The quantitative estimate of drug-likeness (QED) is 0.694. The summed E-state index contributed by atoms with van der Waals surface area (Å²) in [6, 6.07) is -0.0389. The van der Waals surface area contributed by atoms with Gasteiger partial charge in [0.1, 0.15) is 0 Å². The molecule has 1 saturated heterocycles. The number of methoxy groups -OCH3 is 1. The minimum Gasteiger partial charge on any atom is -0.384 e. The fourth-order valence-electron chi connectivity index (χ4n) is 1.57. The molecule has 2 N–H and O–H groups in total. The first-order chi connectivity index (χ1) is 7.15. The van der Waals surface area contributed by atoms with Crippen LogP contribution in [-0.4, -0.2) is 56.4 Å². The van der Waals surface area contributed by atoms with Crippen LogP contribution < -0.4 is 5.73 Å². The number of amides is 1. The van der Waals surface area contributed by atoms with Crippen LogP contribution in [0.3, 0.4) is 0 Å². The van der Waals surface area contributed by atoms with Crippen LogP contribution in [0.5, 0.6) is 0 Å². The van der Waals surface area contributed by atoms with Crippen LogP contribution in [0.25, 0.3) is 0 Å². The van der Waals surface area contributed by atoms with Gasteiger partial charge in [0, 0.05) is 26.2 Å². The lowest BCUT2D eigenvalue weighted by molar-refractivity contribution is -0.140. The molecule has 0 saturated carbocycles. The van der Waals surface area contributed by atoms with Crippen molar-refractivity contribution >= 4 is 5.91 Å². The Labute approximate surface area is 90.5 Å². The second-order valence-electron chi connectivity index (χ2n) is 3.85. The molecule has 0 aromatic rings. The van der Waals surface area contributed by atoms with Crippen molar-refractivity contribution in [3.63, 3.8) is 0 Å². The Morgan fingerprint density at radius 2 is 2.47 bits per heavy atom. The van der Waals surface area contributed by atoms with Gasteiger partial charge in [-0.3, -0.25) is 4.79 Å². The molecule has 0 aromatic heterocycles. The minimum atomic E-state index is -0.0389. The summed E-state index contributed by atoms with van der Waals surface area (Å²) in [5, 5.41) is 0. The number of rotatable bonds is 4. The van der Waals surface area contributed by atoms with Crippen LogP contribution in [0.15, 0.2) is 0 Å². The highest BCUT2D eigenvalue weighted by Gasteiger charge is 2.25. The van der Waals surface area contributed by atoms with Crippen molar-refractivity contribution in [3.8, 4) is 0 Å². The van der Waals surface area contributed by atoms with Crippen LogP contribution in [0.1, 0.15) is 13.3 Å². The second kappa shape index (κ2) is 6.05. The Bertz CT molecular complexity index is 209. The van der Waals surface area contributed by atoms with E-state index in [4.69, 9.17) is 15.2 Å². The zero-order chi connectivity index (χ0) is 11.3. The topological polar surface area (TPSA) is 64.8 Å². The highest BCUT2D eigenvalue weighted by Crippen LogP contribution is 2.09. The summed E-state index contributed by atoms with van der Waals surface area (Å²) in [6.07, 6.45) is 0.396. The Kier molecular flexibility index (Phi) is 5.01. The molecule has 0 aromatic carbocycles. The molecule has 1 heterocycles. The van der Waals surface area contributed by atoms with Gasteiger partial charge in [-0.1, -0.05) is 0 Å². The monoisotopic (exact) mass is 216 g/mol. The Morgan fingerprint density at radius 3 is 3.07 bits per heavy atom. The van der Waals surface area contributed by atoms with Crippen molar-refractivity contribution < 1.29 is 14.3 Å². The Morgan fingerprint density at radius 1 is 1.73 bits per heavy atom. The Hall–Kier alpha value is -0.650. The van der Waals surface area contributed by atoms with Gasteiger partial charge >= 0.3 is 0 Å². The van der Waals surface area contributed by atoms with E-state index in [1.54, 1.807) is 12.0 Å². The van der Waals surface area contributed by atoms with Gasteiger partial charge in [-0.15, -0.1) is 0 Å². The molecule has 1 aliphatic rings. The van der Waals surface area contributed by atoms with Crippen molar-refractivity contribution in [2.24, 2.45) is 5.73 Å². The standard InChI is InChI=1S/C10H20N2O3/c1-8(11)9-7-12(4-6-15-9)10(13)3-5-14-2/h8-9H,3-7,11H2,1-2H3. The van der Waals surface area contributed by atoms with Crippen molar-refractivity contribution in [2.45, 2.75) is 25.5 Å². The van der Waals surface area contributed by atoms with Crippen LogP contribution >= 0.6 is 0 Å². The average Bonchev–Trinajstić information content (AvgIpc) is 2.26. The largest absolute Gasteiger partial charge is 0.384 e. The maximum atomic E-state index is 11.7. The number of ether oxygens (including phenoxy) is 2. The van der Waals surface area contributed by atoms with Gasteiger partial charge < -0.3 is 20.1 Å². The van der Waals surface area contributed by atoms with Gasteiger partial charge in [0.2, 0.25) is 5.91 Å². The van der Waals surface area contributed by atoms with Crippen molar-refractivity contribution in [1.29, 1.82) is 0 Å². The summed E-state index contributed by atoms with van der Waals surface area (Å²) in [5.74, 6) is 0.116. The molecular weight excluding hydrogens is 196 g/mol. The van der Waals surface area contributed by atoms with E-state index in [0.717, 1.165) is 0 Å². The molecule has 1 rings (SSSR count). The molecule has 15 heavy (non-hydrogen) atoms. The highest BCUT2D eigenvalue weighted by molar-refractivity contribution is 5.76. The van der Waals surface area contributed by atoms with Gasteiger partial charge in [0.25, 0.3) is 0 Å². The molecule has 1 aliphatic heterocycles. The third-order valence-electron chi connectivity index (χ3n) is 2.55. The summed E-state index contributed by atoms with van der Waals surface area (Å²) < 4.78 is 10.3. The molecule has 88 valence electrons. The number of morpholine rings is 1. The van der Waals surface area contributed by atoms with Gasteiger partial charge in [-0.2, -0.15) is 0 Å². The van der Waals surface area contributed by atoms with Gasteiger partial charge in [0.05, 0.1) is 25.7 Å². The number of hydrogen-bond donors (Lipinski definition) is 1. The lowest BCUT2D eigenvalue weighted by Crippen LogP contribution is -2.51. The summed E-state index contributed by atoms with van der Waals surface area (Å²) in [6.45, 7) is 4.20. The maximum absolute atomic E-state index is 11.7. The minimum absolute atomic E-state index is 0.0368. The van der Waals surface area contributed by atoms with E-state index >= 15 is 0 Å². The molecule has 5 heteroatoms. The molecule has 0 radical (unpaired) electrons. The number of carbonyl (C=O) groups excluding carboxylic acids is 1. The zero-order valence-corrected chi connectivity index (χ0v) is 9.44. The summed E-state index contributed by atoms with van der Waals surface area (Å²) in [5.41, 5.74) is 5.74. The lowest BCUT2D eigenvalue weighted by atomic mass is 10.1. The molecule has 0 bridgehead atoms. The molecule has 1 fully saturated rings. The summed E-state index contributed by atoms with van der Waals surface area (Å²) in [4.78, 5) is 13.5. The summed E-state index contributed by atoms with van der Waals surface area (Å²) >= 11 is 0. The van der Waals surface area contributed by atoms with Crippen LogP contribution in [0.4, 0.5) is 0 Å². The highest BCUT2D eigenvalue weighted by atomic mass is 16.5. The number of nitrogens with two attached hydrogens (primary N) is 1. The number of hydrogen-bond acceptors (Lipinski definition) is 4. The van der Waals surface area contributed by atoms with E-state index in [-0.39, 0.29) is 18.1 Å². The van der Waals surface area contributed by atoms with Crippen molar-refractivity contribution in [1.82, 2.24) is 4.90 Å². The van der Waals surface area contributed by atoms with Gasteiger partial charge in [-0.25, -0.2) is 0 Å². The van der Waals surface area contributed by atoms with Gasteiger partial charge in [-0.05, 0) is 6.92 Å². The van der Waals surface area contributed by atoms with E-state index in [1.807, 2.05) is 6.92 Å². The van der Waals surface area contributed by atoms with Crippen LogP contribution in [0.2, 0.25) is 0 Å². The lowest BCUT2D eigenvalue weighted by Gasteiger charge is -2.34. The van der Waals surface area contributed by atoms with Crippen molar-refractivity contribution in [2.75, 3.05) is 33.4 Å². The Balaban J connectivity index is 2.38. The second-order valence-corrected chi connectivity index (χ2v) is 3.85. The molecule has 1 amide bonds. The third-order valence-corrected chi connectivity index (χ3v) is 2.55. The van der Waals surface area contributed by atoms with E-state index < -0.39 is 0 Å². The van der Waals surface area contributed by atoms with E-state index in [2.05, 4.69) is 0 Å². The molecule has 0 aliphatic carbocycles. The number of carbonyl (C=O) groups is 1. The van der Waals surface area contributed by atoms with E-state index in [0.29, 0.717) is 32.7 Å². The fraction of sp³-hybridized carbons (Fsp3) is 0.900. The third kappa shape index (κ3) is 3.77. The fourth-order valence-corrected chi connectivity index (χ4v) is 1.57. The number of nitrogens with zero attached hydrogens (tertiary/aromatic N) is 1. The predicted molar refractivity (Wildman–Crippen MR) is 56.5 cm³/mol. The van der Waals surface area contributed by atoms with Crippen LogP contribution in [0, 0.1) is 0 Å². The van der Waals surface area contributed by atoms with Crippen LogP contribution in [-0.2, 0) is 14.3 Å². The predicted octanol–water partition coefficient (Wildman–Crippen LogP) is -0.402. The van der Waals surface area contributed by atoms with E-state index in [1.165, 1.54) is 0 Å². The molecule has 2 unspecified atom stereocenters. The maximum Gasteiger partial charge on any atom is 0.225 e. The molecule has 0 spiro atoms. The normalized spacial score (nSPS) is 23.9. The molecule has 5 nitrogen and oxygen atoms in total. The molecular formula is C10H20N2O3. The first kappa shape index (κ1) is 12.4. The molecule has 2 atom stereocenters. The van der Waals surface area contributed by atoms with Gasteiger partial charge in [0.15, 0.2) is 0 Å². The average molecular weight is 216 g/mol. The van der Waals surface area contributed by atoms with Crippen molar-refractivity contribution in [3.05, 3.63) is 0 Å². The summed E-state index contributed by atoms with van der Waals surface area (Å²) in [7, 11) is 1.59. The van der Waals surface area contributed by atoms with E-state index in [9.17, 15) is 4.79 Å². The zero-order valence-electron chi connectivity index (χ0n) is 9.44. The first-order valence-corrected chi connectivity index (χ1v) is 5.29.